The zero-order valence-electron chi connectivity index (χ0n) is 20.4. The van der Waals surface area contributed by atoms with Crippen LogP contribution in [0.15, 0.2) is 77.3 Å². The first-order valence-electron chi connectivity index (χ1n) is 12.4. The lowest BCUT2D eigenvalue weighted by Crippen LogP contribution is -2.42. The van der Waals surface area contributed by atoms with Gasteiger partial charge in [-0.15, -0.1) is 0 Å². The predicted molar refractivity (Wildman–Crippen MR) is 139 cm³/mol. The van der Waals surface area contributed by atoms with E-state index in [1.165, 1.54) is 0 Å². The number of carbonyl (C=O) groups is 1. The van der Waals surface area contributed by atoms with Crippen LogP contribution in [0.4, 0.5) is 15.8 Å². The standard InChI is InChI=1S/C30H25FN4O2/c1-19-16-28(37-34-19)20-10-11-27(21(17-20)18-32)35-14-12-22(13-15-35)30(31)24-7-3-2-6-23(24)29(36)33-26-9-5-4-8-25(26)30/h2-11,16-17,22H,12-15H2,1H3,(H,33,36). The van der Waals surface area contributed by atoms with Gasteiger partial charge in [-0.2, -0.15) is 5.26 Å². The second kappa shape index (κ2) is 8.90. The summed E-state index contributed by atoms with van der Waals surface area (Å²) in [5, 5.41) is 16.7. The van der Waals surface area contributed by atoms with Crippen LogP contribution in [0.2, 0.25) is 0 Å². The molecule has 37 heavy (non-hydrogen) atoms. The van der Waals surface area contributed by atoms with Gasteiger partial charge in [0.15, 0.2) is 11.4 Å². The van der Waals surface area contributed by atoms with Crippen molar-refractivity contribution in [2.45, 2.75) is 25.4 Å². The van der Waals surface area contributed by atoms with E-state index in [9.17, 15) is 10.1 Å². The zero-order chi connectivity index (χ0) is 25.6. The summed E-state index contributed by atoms with van der Waals surface area (Å²) < 4.78 is 22.9. The van der Waals surface area contributed by atoms with Crippen LogP contribution in [0.25, 0.3) is 11.3 Å². The van der Waals surface area contributed by atoms with E-state index < -0.39 is 5.67 Å². The molecule has 0 aliphatic carbocycles. The van der Waals surface area contributed by atoms with Crippen LogP contribution < -0.4 is 10.2 Å². The number of halogens is 1. The summed E-state index contributed by atoms with van der Waals surface area (Å²) in [6.07, 6.45) is 1.14. The molecule has 1 aromatic heterocycles. The highest BCUT2D eigenvalue weighted by molar-refractivity contribution is 6.07. The number of para-hydroxylation sites is 1. The number of piperidine rings is 1. The second-order valence-electron chi connectivity index (χ2n) is 9.69. The number of aromatic nitrogens is 1. The van der Waals surface area contributed by atoms with Crippen LogP contribution >= 0.6 is 0 Å². The number of rotatable bonds is 3. The van der Waals surface area contributed by atoms with Crippen molar-refractivity contribution in [2.75, 3.05) is 23.3 Å². The van der Waals surface area contributed by atoms with Crippen molar-refractivity contribution < 1.29 is 13.7 Å². The van der Waals surface area contributed by atoms with Gasteiger partial charge in [0.2, 0.25) is 0 Å². The molecular weight excluding hydrogens is 467 g/mol. The molecule has 1 saturated heterocycles. The van der Waals surface area contributed by atoms with Crippen LogP contribution in [-0.2, 0) is 5.67 Å². The Bertz CT molecular complexity index is 1550. The van der Waals surface area contributed by atoms with E-state index >= 15 is 4.39 Å². The highest BCUT2D eigenvalue weighted by Crippen LogP contribution is 2.50. The molecule has 1 unspecified atom stereocenters. The number of nitrogens with zero attached hydrogens (tertiary/aromatic N) is 3. The Morgan fingerprint density at radius 3 is 2.51 bits per heavy atom. The third-order valence-electron chi connectivity index (χ3n) is 7.56. The molecule has 6 nitrogen and oxygen atoms in total. The fraction of sp³-hybridized carbons (Fsp3) is 0.233. The number of nitrogens with one attached hydrogen (secondary N) is 1. The Labute approximate surface area is 214 Å². The molecule has 1 N–H and O–H groups in total. The lowest BCUT2D eigenvalue weighted by atomic mass is 9.72. The molecule has 6 rings (SSSR count). The van der Waals surface area contributed by atoms with E-state index in [2.05, 4.69) is 21.4 Å². The fourth-order valence-electron chi connectivity index (χ4n) is 5.75. The third-order valence-corrected chi connectivity index (χ3v) is 7.56. The van der Waals surface area contributed by atoms with Crippen molar-refractivity contribution in [2.24, 2.45) is 5.92 Å². The average Bonchev–Trinajstić information content (AvgIpc) is 3.35. The predicted octanol–water partition coefficient (Wildman–Crippen LogP) is 6.22. The highest BCUT2D eigenvalue weighted by atomic mass is 19.1. The van der Waals surface area contributed by atoms with E-state index in [0.29, 0.717) is 59.6 Å². The van der Waals surface area contributed by atoms with Gasteiger partial charge in [-0.1, -0.05) is 41.6 Å². The first kappa shape index (κ1) is 23.0. The lowest BCUT2D eigenvalue weighted by molar-refractivity contribution is 0.0983. The van der Waals surface area contributed by atoms with E-state index in [1.807, 2.05) is 43.3 Å². The average molecular weight is 493 g/mol. The number of hydrogen-bond donors (Lipinski definition) is 1. The third kappa shape index (κ3) is 3.77. The van der Waals surface area contributed by atoms with Gasteiger partial charge < -0.3 is 14.7 Å². The SMILES string of the molecule is Cc1cc(-c2ccc(N3CCC(C4(F)c5ccccc5NC(=O)c5ccccc54)CC3)c(C#N)c2)on1. The number of fused-ring (bicyclic) bond motifs is 2. The first-order valence-corrected chi connectivity index (χ1v) is 12.4. The number of nitriles is 1. The minimum Gasteiger partial charge on any atom is -0.370 e. The molecule has 2 aliphatic rings. The summed E-state index contributed by atoms with van der Waals surface area (Å²) in [4.78, 5) is 15.1. The number of anilines is 2. The monoisotopic (exact) mass is 492 g/mol. The molecule has 4 aromatic rings. The molecule has 3 aromatic carbocycles. The van der Waals surface area contributed by atoms with E-state index in [4.69, 9.17) is 4.52 Å². The van der Waals surface area contributed by atoms with Gasteiger partial charge in [0.25, 0.3) is 5.91 Å². The molecule has 0 spiro atoms. The molecule has 3 heterocycles. The molecule has 2 aliphatic heterocycles. The largest absolute Gasteiger partial charge is 0.370 e. The van der Waals surface area contributed by atoms with Gasteiger partial charge in [-0.3, -0.25) is 4.79 Å². The minimum atomic E-state index is -1.81. The van der Waals surface area contributed by atoms with Crippen molar-refractivity contribution in [1.82, 2.24) is 5.16 Å². The molecule has 1 atom stereocenters. The number of aryl methyl sites for hydroxylation is 1. The molecule has 7 heteroatoms. The molecule has 1 amide bonds. The fourth-order valence-corrected chi connectivity index (χ4v) is 5.75. The maximum absolute atomic E-state index is 17.5. The van der Waals surface area contributed by atoms with Crippen LogP contribution in [0.1, 0.15) is 45.6 Å². The van der Waals surface area contributed by atoms with Crippen LogP contribution in [0.3, 0.4) is 0 Å². The van der Waals surface area contributed by atoms with Crippen molar-refractivity contribution in [1.29, 1.82) is 5.26 Å². The second-order valence-corrected chi connectivity index (χ2v) is 9.69. The van der Waals surface area contributed by atoms with E-state index in [0.717, 1.165) is 16.9 Å². The summed E-state index contributed by atoms with van der Waals surface area (Å²) >= 11 is 0. The Balaban J connectivity index is 1.32. The van der Waals surface area contributed by atoms with Crippen LogP contribution in [-0.4, -0.2) is 24.2 Å². The molecule has 1 fully saturated rings. The van der Waals surface area contributed by atoms with Crippen molar-refractivity contribution in [3.8, 4) is 17.4 Å². The number of benzene rings is 3. The minimum absolute atomic E-state index is 0.291. The van der Waals surface area contributed by atoms with Crippen molar-refractivity contribution in [3.63, 3.8) is 0 Å². The van der Waals surface area contributed by atoms with Crippen molar-refractivity contribution >= 4 is 17.3 Å². The summed E-state index contributed by atoms with van der Waals surface area (Å²) in [6.45, 7) is 3.04. The lowest BCUT2D eigenvalue weighted by Gasteiger charge is -2.41. The molecule has 0 saturated carbocycles. The Morgan fingerprint density at radius 1 is 1.05 bits per heavy atom. The maximum Gasteiger partial charge on any atom is 0.256 e. The molecular formula is C30H25FN4O2. The van der Waals surface area contributed by atoms with Crippen LogP contribution in [0, 0.1) is 24.2 Å². The summed E-state index contributed by atoms with van der Waals surface area (Å²) in [5.74, 6) is -0.00563. The van der Waals surface area contributed by atoms with Gasteiger partial charge in [0.05, 0.1) is 16.9 Å². The van der Waals surface area contributed by atoms with Crippen LogP contribution in [0.5, 0.6) is 0 Å². The topological polar surface area (TPSA) is 82.2 Å². The summed E-state index contributed by atoms with van der Waals surface area (Å²) in [6, 6.07) is 24.0. The normalized spacial score (nSPS) is 19.4. The summed E-state index contributed by atoms with van der Waals surface area (Å²) in [7, 11) is 0. The van der Waals surface area contributed by atoms with E-state index in [1.54, 1.807) is 36.4 Å². The van der Waals surface area contributed by atoms with Crippen molar-refractivity contribution in [3.05, 3.63) is 101 Å². The van der Waals surface area contributed by atoms with Gasteiger partial charge in [-0.05, 0) is 50.1 Å². The van der Waals surface area contributed by atoms with Gasteiger partial charge in [0.1, 0.15) is 6.07 Å². The molecule has 0 radical (unpaired) electrons. The smallest absolute Gasteiger partial charge is 0.256 e. The van der Waals surface area contributed by atoms with Gasteiger partial charge >= 0.3 is 0 Å². The quantitative estimate of drug-likeness (QED) is 0.367. The van der Waals surface area contributed by atoms with E-state index in [-0.39, 0.29) is 11.8 Å². The molecule has 184 valence electrons. The van der Waals surface area contributed by atoms with Gasteiger partial charge in [-0.25, -0.2) is 4.39 Å². The van der Waals surface area contributed by atoms with Gasteiger partial charge in [0, 0.05) is 53.0 Å². The number of hydrogen-bond acceptors (Lipinski definition) is 5. The Kier molecular flexibility index (Phi) is 5.53. The highest BCUT2D eigenvalue weighted by Gasteiger charge is 2.48. The summed E-state index contributed by atoms with van der Waals surface area (Å²) in [5.41, 5.74) is 2.92. The number of carbonyl (C=O) groups excluding carboxylic acids is 1. The zero-order valence-corrected chi connectivity index (χ0v) is 20.4. The molecule has 0 bridgehead atoms. The Hall–Kier alpha value is -4.44. The maximum atomic E-state index is 17.5. The Morgan fingerprint density at radius 2 is 1.78 bits per heavy atom. The number of alkyl halides is 1. The number of amides is 1. The first-order chi connectivity index (χ1) is 18.0.